The van der Waals surface area contributed by atoms with Crippen molar-refractivity contribution >= 4 is 5.91 Å². The van der Waals surface area contributed by atoms with Crippen LogP contribution in [0.2, 0.25) is 0 Å². The first kappa shape index (κ1) is 13.3. The molecule has 0 fully saturated rings. The Morgan fingerprint density at radius 1 is 1.41 bits per heavy atom. The van der Waals surface area contributed by atoms with Gasteiger partial charge in [-0.25, -0.2) is 0 Å². The van der Waals surface area contributed by atoms with Gasteiger partial charge in [0.2, 0.25) is 5.91 Å². The van der Waals surface area contributed by atoms with Crippen LogP contribution in [0.15, 0.2) is 42.7 Å². The quantitative estimate of drug-likeness (QED) is 0.767. The second-order valence-corrected chi connectivity index (χ2v) is 3.73. The Balaban J connectivity index is 2.64. The molecule has 0 spiro atoms. The Bertz CT molecular complexity index is 360. The number of hydrogen-bond donors (Lipinski definition) is 1. The number of hydrogen-bond acceptors (Lipinski definition) is 2. The fraction of sp³-hybridized carbons (Fsp3) is 0.357. The van der Waals surface area contributed by atoms with Crippen molar-refractivity contribution in [3.05, 3.63) is 48.2 Å². The smallest absolute Gasteiger partial charge is 0.217 e. The summed E-state index contributed by atoms with van der Waals surface area (Å²) in [4.78, 5) is 11.1. The highest BCUT2D eigenvalue weighted by atomic mass is 16.5. The van der Waals surface area contributed by atoms with E-state index < -0.39 is 0 Å². The van der Waals surface area contributed by atoms with Crippen molar-refractivity contribution in [3.63, 3.8) is 0 Å². The Morgan fingerprint density at radius 2 is 2.12 bits per heavy atom. The maximum absolute atomic E-state index is 11.1. The predicted molar refractivity (Wildman–Crippen MR) is 68.4 cm³/mol. The normalized spacial score (nSPS) is 12.4. The van der Waals surface area contributed by atoms with E-state index in [4.69, 9.17) is 4.74 Å². The van der Waals surface area contributed by atoms with E-state index in [0.717, 1.165) is 12.0 Å². The molecule has 1 N–H and O–H groups in total. The molecule has 0 radical (unpaired) electrons. The van der Waals surface area contributed by atoms with Crippen molar-refractivity contribution in [1.82, 2.24) is 5.32 Å². The van der Waals surface area contributed by atoms with E-state index in [2.05, 4.69) is 5.32 Å². The Hall–Kier alpha value is -1.77. The van der Waals surface area contributed by atoms with Crippen LogP contribution in [0.5, 0.6) is 0 Å². The van der Waals surface area contributed by atoms with Gasteiger partial charge in [0.1, 0.15) is 0 Å². The molecule has 92 valence electrons. The molecule has 0 heterocycles. The van der Waals surface area contributed by atoms with Gasteiger partial charge in [0.15, 0.2) is 0 Å². The molecule has 0 aliphatic rings. The first-order valence-corrected chi connectivity index (χ1v) is 5.82. The topological polar surface area (TPSA) is 38.3 Å². The molecule has 1 rings (SSSR count). The third kappa shape index (κ3) is 5.20. The van der Waals surface area contributed by atoms with Gasteiger partial charge in [-0.1, -0.05) is 30.3 Å². The summed E-state index contributed by atoms with van der Waals surface area (Å²) >= 11 is 0. The zero-order chi connectivity index (χ0) is 12.5. The summed E-state index contributed by atoms with van der Waals surface area (Å²) in [6, 6.07) is 9.92. The lowest BCUT2D eigenvalue weighted by Gasteiger charge is -2.16. The zero-order valence-corrected chi connectivity index (χ0v) is 10.3. The van der Waals surface area contributed by atoms with Crippen LogP contribution in [0.1, 0.15) is 31.9 Å². The molecule has 1 unspecified atom stereocenters. The molecule has 0 aliphatic carbocycles. The van der Waals surface area contributed by atoms with Crippen molar-refractivity contribution in [2.24, 2.45) is 0 Å². The molecular formula is C14H19NO2. The molecule has 0 bridgehead atoms. The maximum Gasteiger partial charge on any atom is 0.217 e. The van der Waals surface area contributed by atoms with E-state index in [-0.39, 0.29) is 11.9 Å². The minimum Gasteiger partial charge on any atom is -0.502 e. The SMILES string of the molecule is CCO/C=C/CC(NC(C)=O)c1ccccc1. The Labute approximate surface area is 102 Å². The van der Waals surface area contributed by atoms with Gasteiger partial charge in [-0.05, 0) is 25.0 Å². The molecule has 1 atom stereocenters. The van der Waals surface area contributed by atoms with Gasteiger partial charge in [-0.15, -0.1) is 0 Å². The predicted octanol–water partition coefficient (Wildman–Crippen LogP) is 2.80. The third-order valence-corrected chi connectivity index (χ3v) is 2.31. The summed E-state index contributed by atoms with van der Waals surface area (Å²) in [6.45, 7) is 4.13. The van der Waals surface area contributed by atoms with E-state index in [1.165, 1.54) is 6.92 Å². The molecule has 3 nitrogen and oxygen atoms in total. The lowest BCUT2D eigenvalue weighted by molar-refractivity contribution is -0.119. The minimum absolute atomic E-state index is 0.00501. The van der Waals surface area contributed by atoms with E-state index in [1.807, 2.05) is 43.3 Å². The average molecular weight is 233 g/mol. The van der Waals surface area contributed by atoms with E-state index in [0.29, 0.717) is 6.61 Å². The van der Waals surface area contributed by atoms with Gasteiger partial charge in [-0.2, -0.15) is 0 Å². The molecule has 3 heteroatoms. The van der Waals surface area contributed by atoms with Crippen LogP contribution < -0.4 is 5.32 Å². The van der Waals surface area contributed by atoms with Gasteiger partial charge in [0.25, 0.3) is 0 Å². The molecule has 0 saturated heterocycles. The summed E-state index contributed by atoms with van der Waals surface area (Å²) in [5, 5.41) is 2.93. The van der Waals surface area contributed by atoms with Gasteiger partial charge >= 0.3 is 0 Å². The van der Waals surface area contributed by atoms with Gasteiger partial charge in [-0.3, -0.25) is 4.79 Å². The van der Waals surface area contributed by atoms with Crippen LogP contribution in [-0.4, -0.2) is 12.5 Å². The van der Waals surface area contributed by atoms with Gasteiger partial charge in [0, 0.05) is 6.92 Å². The first-order chi connectivity index (χ1) is 8.24. The summed E-state index contributed by atoms with van der Waals surface area (Å²) in [5.74, 6) is -0.0244. The largest absolute Gasteiger partial charge is 0.502 e. The highest BCUT2D eigenvalue weighted by molar-refractivity contribution is 5.73. The number of amides is 1. The summed E-state index contributed by atoms with van der Waals surface area (Å²) in [7, 11) is 0. The molecular weight excluding hydrogens is 214 g/mol. The number of carbonyl (C=O) groups is 1. The standard InChI is InChI=1S/C14H19NO2/c1-3-17-11-7-10-14(15-12(2)16)13-8-5-4-6-9-13/h4-9,11,14H,3,10H2,1-2H3,(H,15,16)/b11-7+. The van der Waals surface area contributed by atoms with Crippen molar-refractivity contribution in [2.75, 3.05) is 6.61 Å². The minimum atomic E-state index is -0.0244. The van der Waals surface area contributed by atoms with Gasteiger partial charge in [0.05, 0.1) is 18.9 Å². The first-order valence-electron chi connectivity index (χ1n) is 5.82. The average Bonchev–Trinajstić information content (AvgIpc) is 2.34. The second-order valence-electron chi connectivity index (χ2n) is 3.73. The van der Waals surface area contributed by atoms with Crippen molar-refractivity contribution in [3.8, 4) is 0 Å². The number of rotatable bonds is 6. The fourth-order valence-corrected chi connectivity index (χ4v) is 1.56. The Kier molecular flexibility index (Phi) is 5.86. The fourth-order valence-electron chi connectivity index (χ4n) is 1.56. The lowest BCUT2D eigenvalue weighted by Crippen LogP contribution is -2.25. The highest BCUT2D eigenvalue weighted by Crippen LogP contribution is 2.16. The summed E-state index contributed by atoms with van der Waals surface area (Å²) < 4.78 is 5.13. The van der Waals surface area contributed by atoms with Crippen molar-refractivity contribution in [1.29, 1.82) is 0 Å². The molecule has 1 amide bonds. The lowest BCUT2D eigenvalue weighted by atomic mass is 10.0. The molecule has 0 saturated carbocycles. The third-order valence-electron chi connectivity index (χ3n) is 2.31. The monoisotopic (exact) mass is 233 g/mol. The summed E-state index contributed by atoms with van der Waals surface area (Å²) in [6.07, 6.45) is 4.33. The molecule has 1 aromatic carbocycles. The highest BCUT2D eigenvalue weighted by Gasteiger charge is 2.10. The number of nitrogens with one attached hydrogen (secondary N) is 1. The molecule has 17 heavy (non-hydrogen) atoms. The second kappa shape index (κ2) is 7.49. The number of carbonyl (C=O) groups excluding carboxylic acids is 1. The zero-order valence-electron chi connectivity index (χ0n) is 10.3. The van der Waals surface area contributed by atoms with Crippen molar-refractivity contribution < 1.29 is 9.53 Å². The summed E-state index contributed by atoms with van der Waals surface area (Å²) in [5.41, 5.74) is 1.10. The number of ether oxygens (including phenoxy) is 1. The van der Waals surface area contributed by atoms with E-state index in [9.17, 15) is 4.79 Å². The van der Waals surface area contributed by atoms with Crippen LogP contribution in [0.4, 0.5) is 0 Å². The maximum atomic E-state index is 11.1. The molecule has 1 aromatic rings. The van der Waals surface area contributed by atoms with Crippen LogP contribution in [0.25, 0.3) is 0 Å². The van der Waals surface area contributed by atoms with Crippen LogP contribution in [0, 0.1) is 0 Å². The van der Waals surface area contributed by atoms with E-state index in [1.54, 1.807) is 6.26 Å². The van der Waals surface area contributed by atoms with Crippen LogP contribution >= 0.6 is 0 Å². The van der Waals surface area contributed by atoms with Crippen LogP contribution in [0.3, 0.4) is 0 Å². The number of benzene rings is 1. The van der Waals surface area contributed by atoms with Crippen LogP contribution in [-0.2, 0) is 9.53 Å². The van der Waals surface area contributed by atoms with E-state index >= 15 is 0 Å². The Morgan fingerprint density at radius 3 is 2.71 bits per heavy atom. The van der Waals surface area contributed by atoms with Gasteiger partial charge < -0.3 is 10.1 Å². The molecule has 0 aromatic heterocycles. The van der Waals surface area contributed by atoms with Crippen molar-refractivity contribution in [2.45, 2.75) is 26.3 Å². The molecule has 0 aliphatic heterocycles.